The van der Waals surface area contributed by atoms with Gasteiger partial charge in [-0.15, -0.1) is 22.7 Å². The van der Waals surface area contributed by atoms with Crippen LogP contribution in [-0.4, -0.2) is 62.8 Å². The van der Waals surface area contributed by atoms with Gasteiger partial charge in [0.25, 0.3) is 0 Å². The maximum Gasteiger partial charge on any atom is 0.430 e. The average molecular weight is 845 g/mol. The molecule has 2 aromatic heterocycles. The molecule has 3 aromatic carbocycles. The molecular weight excluding hydrogens is 801 g/mol. The summed E-state index contributed by atoms with van der Waals surface area (Å²) in [7, 11) is 0.0848. The summed E-state index contributed by atoms with van der Waals surface area (Å²) >= 11 is 3.40. The molecule has 0 spiro atoms. The summed E-state index contributed by atoms with van der Waals surface area (Å²) in [5, 5.41) is 11.3. The summed E-state index contributed by atoms with van der Waals surface area (Å²) in [6.07, 6.45) is 3.58. The van der Waals surface area contributed by atoms with Gasteiger partial charge in [0.15, 0.2) is 12.9 Å². The van der Waals surface area contributed by atoms with Crippen LogP contribution in [0, 0.1) is 0 Å². The van der Waals surface area contributed by atoms with Gasteiger partial charge in [0.1, 0.15) is 30.6 Å². The van der Waals surface area contributed by atoms with Gasteiger partial charge >= 0.3 is 6.18 Å². The summed E-state index contributed by atoms with van der Waals surface area (Å²) in [5.74, 6) is -1.57. The number of benzene rings is 3. The van der Waals surface area contributed by atoms with E-state index in [1.807, 2.05) is 48.5 Å². The number of hydrogen-bond acceptors (Lipinski definition) is 8. The third-order valence-electron chi connectivity index (χ3n) is 10.1. The predicted molar refractivity (Wildman–Crippen MR) is 230 cm³/mol. The van der Waals surface area contributed by atoms with Gasteiger partial charge in [0.05, 0.1) is 19.8 Å². The molecule has 0 amide bonds. The number of aliphatic carboxylic acids is 1. The molecule has 58 heavy (non-hydrogen) atoms. The monoisotopic (exact) mass is 844 g/mol. The zero-order chi connectivity index (χ0) is 41.8. The van der Waals surface area contributed by atoms with E-state index in [0.29, 0.717) is 0 Å². The van der Waals surface area contributed by atoms with Gasteiger partial charge < -0.3 is 28.8 Å². The number of carboxylic acids is 1. The van der Waals surface area contributed by atoms with Crippen molar-refractivity contribution in [1.29, 1.82) is 0 Å². The second kappa shape index (κ2) is 17.8. The molecule has 0 saturated carbocycles. The van der Waals surface area contributed by atoms with Crippen molar-refractivity contribution in [2.24, 2.45) is 0 Å². The Hall–Kier alpha value is -5.16. The lowest BCUT2D eigenvalue weighted by atomic mass is 10.0. The highest BCUT2D eigenvalue weighted by Crippen LogP contribution is 2.52. The van der Waals surface area contributed by atoms with E-state index in [1.165, 1.54) is 11.4 Å². The molecule has 0 bridgehead atoms. The third kappa shape index (κ3) is 8.10. The number of rotatable bonds is 10. The molecular formula is C45H44F3N2O5PS2. The summed E-state index contributed by atoms with van der Waals surface area (Å²) in [5.41, 5.74) is 6.49. The van der Waals surface area contributed by atoms with Crippen LogP contribution in [0.2, 0.25) is 0 Å². The van der Waals surface area contributed by atoms with Gasteiger partial charge in [-0.2, -0.15) is 13.2 Å². The summed E-state index contributed by atoms with van der Waals surface area (Å²) in [6.45, 7) is 12.5. The first kappa shape index (κ1) is 42.4. The van der Waals surface area contributed by atoms with Crippen LogP contribution in [0.1, 0.15) is 38.1 Å². The fourth-order valence-electron chi connectivity index (χ4n) is 7.20. The summed E-state index contributed by atoms with van der Waals surface area (Å²) in [4.78, 5) is 13.2. The molecule has 1 aliphatic heterocycles. The quantitative estimate of drug-likeness (QED) is 0.114. The van der Waals surface area contributed by atoms with E-state index in [-0.39, 0.29) is 0 Å². The number of ether oxygens (including phenoxy) is 2. The van der Waals surface area contributed by atoms with Gasteiger partial charge in [-0.25, -0.2) is 4.58 Å². The predicted octanol–water partition coefficient (Wildman–Crippen LogP) is 6.61. The smallest absolute Gasteiger partial charge is 0.430 e. The van der Waals surface area contributed by atoms with E-state index in [2.05, 4.69) is 97.9 Å². The molecule has 13 heteroatoms. The van der Waals surface area contributed by atoms with Gasteiger partial charge in [0.2, 0.25) is 0 Å². The SMILES string of the molecule is CCN(CC)c1ccc(-c2cc3c(s2)C(c2c(OC)cccc2OC)=c2sc(=C4C=CC(=[N+](CC)CC)C=C4)cc2P3(=O)c2ccccc2)cc1.O=C([O-])C(F)(F)F. The molecule has 2 aliphatic rings. The molecule has 1 atom stereocenters. The van der Waals surface area contributed by atoms with E-state index in [0.717, 1.165) is 94.7 Å². The van der Waals surface area contributed by atoms with Crippen LogP contribution in [0.3, 0.4) is 0 Å². The molecule has 0 saturated heterocycles. The zero-order valence-electron chi connectivity index (χ0n) is 33.1. The largest absolute Gasteiger partial charge is 0.542 e. The van der Waals surface area contributed by atoms with Crippen molar-refractivity contribution < 1.29 is 41.7 Å². The molecule has 0 N–H and O–H groups in total. The lowest BCUT2D eigenvalue weighted by Gasteiger charge is -2.25. The lowest BCUT2D eigenvalue weighted by Crippen LogP contribution is -2.37. The minimum atomic E-state index is -5.19. The number of nitrogens with zero attached hydrogens (tertiary/aromatic N) is 2. The Labute approximate surface area is 344 Å². The number of alkyl halides is 3. The number of carbonyl (C=O) groups excluding carboxylic acids is 1. The number of hydrogen-bond donors (Lipinski definition) is 0. The maximum absolute atomic E-state index is 16.2. The van der Waals surface area contributed by atoms with Crippen molar-refractivity contribution in [3.05, 3.63) is 129 Å². The van der Waals surface area contributed by atoms with E-state index >= 15 is 4.57 Å². The number of methoxy groups -OCH3 is 2. The van der Waals surface area contributed by atoms with Crippen molar-refractivity contribution in [2.75, 3.05) is 45.3 Å². The fraction of sp³-hybridized carbons (Fsp3) is 0.244. The number of allylic oxidation sites excluding steroid dienone is 4. The molecule has 0 fully saturated rings. The van der Waals surface area contributed by atoms with Crippen molar-refractivity contribution in [2.45, 2.75) is 33.9 Å². The van der Waals surface area contributed by atoms with Crippen LogP contribution in [0.4, 0.5) is 18.9 Å². The Kier molecular flexibility index (Phi) is 13.0. The Balaban J connectivity index is 0.000000743. The van der Waals surface area contributed by atoms with E-state index in [9.17, 15) is 13.2 Å². The highest BCUT2D eigenvalue weighted by atomic mass is 32.1. The molecule has 302 valence electrons. The first-order valence-corrected chi connectivity index (χ1v) is 22.2. The van der Waals surface area contributed by atoms with Gasteiger partial charge in [0, 0.05) is 71.2 Å². The van der Waals surface area contributed by atoms with Crippen molar-refractivity contribution in [3.63, 3.8) is 0 Å². The third-order valence-corrected chi connectivity index (χ3v) is 15.9. The number of anilines is 1. The number of carboxylic acid groups (broad SMARTS) is 1. The van der Waals surface area contributed by atoms with Gasteiger partial charge in [-0.3, -0.25) is 0 Å². The highest BCUT2D eigenvalue weighted by molar-refractivity contribution is 7.86. The Morgan fingerprint density at radius 3 is 1.90 bits per heavy atom. The van der Waals surface area contributed by atoms with Crippen LogP contribution in [0.25, 0.3) is 21.6 Å². The fourth-order valence-corrected chi connectivity index (χ4v) is 13.5. The van der Waals surface area contributed by atoms with Gasteiger partial charge in [-0.1, -0.05) is 48.5 Å². The van der Waals surface area contributed by atoms with Crippen LogP contribution in [-0.2, 0) is 9.36 Å². The standard InChI is InChI=1S/C43H44N2O3PS2.C2HF3O2/c1-7-44(8-2)31-23-19-29(20-24-31)38-27-36-42(50-38)41(40-34(47-5)17-14-18-35(40)48-6)43-37(49(36,46)33-15-12-11-13-16-33)28-39(51-43)30-21-25-32(26-22-30)45(9-3)10-4;3-2(4,5)1(6)7/h11-28H,7-10H2,1-6H3;(H,6,7)/q+1;/p-1. The van der Waals surface area contributed by atoms with Gasteiger partial charge in [-0.05, 0) is 87.4 Å². The van der Waals surface area contributed by atoms with Crippen molar-refractivity contribution >= 4 is 74.2 Å². The van der Waals surface area contributed by atoms with E-state index < -0.39 is 19.3 Å². The Bertz CT molecular complexity index is 2540. The Morgan fingerprint density at radius 2 is 1.38 bits per heavy atom. The summed E-state index contributed by atoms with van der Waals surface area (Å²) < 4.78 is 64.3. The number of fused-ring (bicyclic) bond motifs is 2. The van der Waals surface area contributed by atoms with Crippen LogP contribution < -0.4 is 44.5 Å². The normalized spacial score (nSPS) is 15.6. The lowest BCUT2D eigenvalue weighted by molar-refractivity contribution is -0.519. The van der Waals surface area contributed by atoms with Crippen LogP contribution in [0.5, 0.6) is 11.5 Å². The van der Waals surface area contributed by atoms with E-state index in [1.54, 1.807) is 36.9 Å². The molecule has 7 nitrogen and oxygen atoms in total. The second-order valence-electron chi connectivity index (χ2n) is 13.2. The van der Waals surface area contributed by atoms with Crippen LogP contribution >= 0.6 is 29.8 Å². The molecule has 0 radical (unpaired) electrons. The molecule has 1 aliphatic carbocycles. The average Bonchev–Trinajstić information content (AvgIpc) is 3.90. The molecule has 7 rings (SSSR count). The second-order valence-corrected chi connectivity index (χ2v) is 18.0. The first-order chi connectivity index (χ1) is 27.8. The molecule has 3 heterocycles. The number of thiophene rings is 2. The van der Waals surface area contributed by atoms with Crippen LogP contribution in [0.15, 0.2) is 109 Å². The summed E-state index contributed by atoms with van der Waals surface area (Å²) in [6, 6.07) is 29.1. The molecule has 5 aromatic rings. The van der Waals surface area contributed by atoms with E-state index in [4.69, 9.17) is 19.4 Å². The molecule has 1 unspecified atom stereocenters. The van der Waals surface area contributed by atoms with Crippen molar-refractivity contribution in [3.8, 4) is 21.9 Å². The Morgan fingerprint density at radius 1 is 0.793 bits per heavy atom. The highest BCUT2D eigenvalue weighted by Gasteiger charge is 2.42. The van der Waals surface area contributed by atoms with Crippen molar-refractivity contribution in [1.82, 2.24) is 0 Å². The minimum Gasteiger partial charge on any atom is -0.542 e. The first-order valence-electron chi connectivity index (χ1n) is 18.9. The maximum atomic E-state index is 16.2. The zero-order valence-corrected chi connectivity index (χ0v) is 35.6. The number of carbonyl (C=O) groups is 1. The number of halogens is 3. The minimum absolute atomic E-state index is 0.717. The topological polar surface area (TPSA) is 81.9 Å².